The van der Waals surface area contributed by atoms with Crippen molar-refractivity contribution in [1.29, 1.82) is 0 Å². The zero-order valence-electron chi connectivity index (χ0n) is 37.6. The molecule has 0 bridgehead atoms. The Labute approximate surface area is 369 Å². The van der Waals surface area contributed by atoms with Crippen molar-refractivity contribution >= 4 is 19.5 Å². The molecule has 17 nitrogen and oxygen atoms in total. The first-order chi connectivity index (χ1) is 30.0. The third kappa shape index (κ3) is 16.6. The highest BCUT2D eigenvalue weighted by molar-refractivity contribution is 7.47. The molecule has 4 rings (SSSR count). The van der Waals surface area contributed by atoms with Gasteiger partial charge in [0.15, 0.2) is 24.8 Å². The predicted molar refractivity (Wildman–Crippen MR) is 233 cm³/mol. The van der Waals surface area contributed by atoms with Crippen molar-refractivity contribution in [2.75, 3.05) is 25.4 Å². The summed E-state index contributed by atoms with van der Waals surface area (Å²) in [6.07, 6.45) is 6.22. The molecule has 2 fully saturated rings. The van der Waals surface area contributed by atoms with Crippen molar-refractivity contribution in [2.24, 2.45) is 5.92 Å². The maximum atomic E-state index is 16.5. The van der Waals surface area contributed by atoms with E-state index in [1.54, 1.807) is 13.8 Å². The van der Waals surface area contributed by atoms with Gasteiger partial charge in [0.1, 0.15) is 18.0 Å². The van der Waals surface area contributed by atoms with E-state index in [9.17, 15) is 28.6 Å². The Balaban J connectivity index is 1.51. The molecule has 2 aliphatic heterocycles. The number of nitrogens with one attached hydrogen (secondary N) is 1. The minimum Gasteiger partial charge on any atom is -0.383 e. The number of hydrogen-bond acceptors (Lipinski definition) is 12. The van der Waals surface area contributed by atoms with Crippen LogP contribution in [0, 0.1) is 5.92 Å². The van der Waals surface area contributed by atoms with Gasteiger partial charge in [-0.05, 0) is 40.2 Å². The number of amides is 1. The minimum atomic E-state index is -4.91. The second kappa shape index (κ2) is 26.0. The number of nitrogens with zero attached hydrogens (tertiary/aromatic N) is 4. The maximum Gasteiger partial charge on any atom is 0.472 e. The predicted octanol–water partition coefficient (Wildman–Crippen LogP) is 6.89. The van der Waals surface area contributed by atoms with Crippen LogP contribution in [-0.4, -0.2) is 97.4 Å². The molecule has 2 aromatic rings. The lowest BCUT2D eigenvalue weighted by Crippen LogP contribution is -2.45. The van der Waals surface area contributed by atoms with Crippen LogP contribution in [0.5, 0.6) is 0 Å². The van der Waals surface area contributed by atoms with E-state index in [2.05, 4.69) is 16.9 Å². The number of rotatable bonds is 29. The number of nitrogens with two attached hydrogens (primary N) is 1. The van der Waals surface area contributed by atoms with Crippen LogP contribution < -0.4 is 22.7 Å². The largest absolute Gasteiger partial charge is 0.472 e. The van der Waals surface area contributed by atoms with Crippen molar-refractivity contribution in [3.63, 3.8) is 0 Å². The smallest absolute Gasteiger partial charge is 0.383 e. The van der Waals surface area contributed by atoms with Crippen LogP contribution in [0.15, 0.2) is 38.9 Å². The lowest BCUT2D eigenvalue weighted by Gasteiger charge is -2.30. The maximum absolute atomic E-state index is 16.5. The highest BCUT2D eigenvalue weighted by Crippen LogP contribution is 2.50. The quantitative estimate of drug-likeness (QED) is 0.0560. The van der Waals surface area contributed by atoms with Crippen LogP contribution in [-0.2, 0) is 32.6 Å². The number of halogens is 2. The van der Waals surface area contributed by atoms with Crippen molar-refractivity contribution in [2.45, 2.75) is 193 Å². The van der Waals surface area contributed by atoms with Crippen LogP contribution >= 0.6 is 7.82 Å². The minimum absolute atomic E-state index is 0.109. The number of nitrogen functional groups attached to an aromatic ring is 1. The molecule has 0 aromatic carbocycles. The third-order valence-corrected chi connectivity index (χ3v) is 12.6. The number of H-pyrrole nitrogens is 1. The third-order valence-electron chi connectivity index (χ3n) is 11.4. The first-order valence-electron chi connectivity index (χ1n) is 22.9. The van der Waals surface area contributed by atoms with Gasteiger partial charge in [-0.2, -0.15) is 4.98 Å². The van der Waals surface area contributed by atoms with Gasteiger partial charge in [0.05, 0.1) is 24.9 Å². The average molecular weight is 917 g/mol. The molecule has 9 atom stereocenters. The van der Waals surface area contributed by atoms with Crippen molar-refractivity contribution in [3.8, 4) is 0 Å². The molecular formula is C43H71F2N6O11P. The monoisotopic (exact) mass is 916 g/mol. The lowest BCUT2D eigenvalue weighted by molar-refractivity contribution is -0.136. The summed E-state index contributed by atoms with van der Waals surface area (Å²) in [5, 5.41) is 0. The molecule has 2 saturated heterocycles. The van der Waals surface area contributed by atoms with Gasteiger partial charge in [-0.25, -0.2) is 22.9 Å². The van der Waals surface area contributed by atoms with E-state index < -0.39 is 92.2 Å². The number of aromatic nitrogens is 4. The highest BCUT2D eigenvalue weighted by Gasteiger charge is 2.52. The molecule has 0 aliphatic carbocycles. The zero-order chi connectivity index (χ0) is 46.1. The van der Waals surface area contributed by atoms with E-state index >= 15 is 8.78 Å². The van der Waals surface area contributed by atoms with Crippen molar-refractivity contribution in [1.82, 2.24) is 24.0 Å². The molecule has 20 heteroatoms. The standard InChI is InChI=1S/C43H71F2N6O11P/c1-6-7-8-9-10-11-12-13-14-15-16-17-18-19-20-23-49(36(53)26-31-33(28-58-29(2)3)60-40(37(31)44)51-25-22-35(52)48-43(51)55)27-32-39(62-63(56,57)61-30(4)5)38(45)41(59-32)50-24-21-34(46)47-42(50)54/h21-22,24-25,29-33,37-41H,6-20,23,26-28H2,1-5H3,(H,56,57)(H2,46,47,54)(H,48,52,55)/t31-,32-,33-,37-,38-,39-,40-,41-/m1/s1. The number of ether oxygens (including phenoxy) is 3. The average Bonchev–Trinajstić information content (AvgIpc) is 3.67. The summed E-state index contributed by atoms with van der Waals surface area (Å²) < 4.78 is 76.1. The Bertz CT molecular complexity index is 1920. The number of unbranched alkanes of at least 4 members (excludes halogenated alkanes) is 14. The Morgan fingerprint density at radius 1 is 0.857 bits per heavy atom. The molecule has 0 spiro atoms. The summed E-state index contributed by atoms with van der Waals surface area (Å²) in [6.45, 7) is 8.41. The van der Waals surface area contributed by atoms with Crippen LogP contribution in [0.25, 0.3) is 0 Å². The summed E-state index contributed by atoms with van der Waals surface area (Å²) in [5.74, 6) is -1.82. The number of carbonyl (C=O) groups excluding carboxylic acids is 1. The van der Waals surface area contributed by atoms with Crippen LogP contribution in [0.3, 0.4) is 0 Å². The number of alkyl halides is 2. The van der Waals surface area contributed by atoms with Gasteiger partial charge in [-0.3, -0.25) is 32.8 Å². The molecule has 2 aliphatic rings. The Hall–Kier alpha value is -3.32. The topological polar surface area (TPSA) is 220 Å². The number of phosphoric acid groups is 1. The second-order valence-electron chi connectivity index (χ2n) is 17.3. The molecule has 0 saturated carbocycles. The summed E-state index contributed by atoms with van der Waals surface area (Å²) in [7, 11) is -4.91. The zero-order valence-corrected chi connectivity index (χ0v) is 38.5. The van der Waals surface area contributed by atoms with Crippen molar-refractivity contribution < 1.29 is 46.3 Å². The van der Waals surface area contributed by atoms with E-state index in [0.29, 0.717) is 6.42 Å². The van der Waals surface area contributed by atoms with Gasteiger partial charge in [0, 0.05) is 43.9 Å². The Kier molecular flexibility index (Phi) is 21.6. The van der Waals surface area contributed by atoms with Gasteiger partial charge in [-0.15, -0.1) is 0 Å². The molecule has 63 heavy (non-hydrogen) atoms. The molecule has 1 amide bonds. The van der Waals surface area contributed by atoms with E-state index in [-0.39, 0.29) is 31.6 Å². The molecule has 0 radical (unpaired) electrons. The normalized spacial score (nSPS) is 24.7. The van der Waals surface area contributed by atoms with Crippen LogP contribution in [0.4, 0.5) is 14.6 Å². The first kappa shape index (κ1) is 52.3. The van der Waals surface area contributed by atoms with E-state index in [0.717, 1.165) is 53.5 Å². The fourth-order valence-corrected chi connectivity index (χ4v) is 9.25. The molecule has 4 heterocycles. The van der Waals surface area contributed by atoms with Gasteiger partial charge < -0.3 is 29.7 Å². The second-order valence-corrected chi connectivity index (χ2v) is 18.7. The molecule has 4 N–H and O–H groups in total. The molecule has 358 valence electrons. The van der Waals surface area contributed by atoms with Crippen LogP contribution in [0.1, 0.15) is 150 Å². The molecule has 1 unspecified atom stereocenters. The van der Waals surface area contributed by atoms with Crippen molar-refractivity contribution in [3.05, 3.63) is 55.8 Å². The van der Waals surface area contributed by atoms with E-state index in [4.69, 9.17) is 29.0 Å². The summed E-state index contributed by atoms with van der Waals surface area (Å²) >= 11 is 0. The Morgan fingerprint density at radius 2 is 1.41 bits per heavy atom. The van der Waals surface area contributed by atoms with Crippen LogP contribution in [0.2, 0.25) is 0 Å². The van der Waals surface area contributed by atoms with Gasteiger partial charge >= 0.3 is 19.2 Å². The van der Waals surface area contributed by atoms with Gasteiger partial charge in [0.2, 0.25) is 5.91 Å². The van der Waals surface area contributed by atoms with Gasteiger partial charge in [0.25, 0.3) is 5.56 Å². The number of hydrogen-bond donors (Lipinski definition) is 3. The summed E-state index contributed by atoms with van der Waals surface area (Å²) in [4.78, 5) is 69.5. The number of carbonyl (C=O) groups is 1. The number of phosphoric ester groups is 1. The first-order valence-corrected chi connectivity index (χ1v) is 24.3. The number of anilines is 1. The summed E-state index contributed by atoms with van der Waals surface area (Å²) in [5.41, 5.74) is 3.15. The van der Waals surface area contributed by atoms with E-state index in [1.807, 2.05) is 0 Å². The fourth-order valence-electron chi connectivity index (χ4n) is 8.11. The van der Waals surface area contributed by atoms with Gasteiger partial charge in [-0.1, -0.05) is 96.8 Å². The lowest BCUT2D eigenvalue weighted by atomic mass is 9.94. The summed E-state index contributed by atoms with van der Waals surface area (Å²) in [6, 6.07) is 2.32. The van der Waals surface area contributed by atoms with E-state index in [1.165, 1.54) is 88.8 Å². The Morgan fingerprint density at radius 3 is 1.97 bits per heavy atom. The fraction of sp³-hybridized carbons (Fsp3) is 0.791. The molecular weight excluding hydrogens is 845 g/mol. The highest BCUT2D eigenvalue weighted by atomic mass is 31.2. The SMILES string of the molecule is CCCCCCCCCCCCCCCCCN(C[C@H]1O[C@@H](n2ccc(N)nc2=O)[C@H](F)[C@@H]1OP(=O)(O)OC(C)C)C(=O)C[C@H]1[C@@H](F)[C@H](n2ccc(=O)[nH]c2=O)O[C@@H]1COC(C)C. The number of aromatic amines is 1. The molecule has 2 aromatic heterocycles.